The van der Waals surface area contributed by atoms with Gasteiger partial charge in [0.2, 0.25) is 12.1 Å². The van der Waals surface area contributed by atoms with Crippen molar-refractivity contribution in [3.8, 4) is 16.8 Å². The molecule has 152 valence electrons. The van der Waals surface area contributed by atoms with Crippen molar-refractivity contribution in [3.63, 3.8) is 0 Å². The molecule has 1 atom stereocenters. The van der Waals surface area contributed by atoms with Crippen LogP contribution in [0.25, 0.3) is 16.8 Å². The Balaban J connectivity index is 1.78. The number of aromatic nitrogens is 4. The summed E-state index contributed by atoms with van der Waals surface area (Å²) in [5.41, 5.74) is 6.79. The van der Waals surface area contributed by atoms with Crippen LogP contribution in [0.15, 0.2) is 59.8 Å². The highest BCUT2D eigenvalue weighted by atomic mass is 32.2. The number of carbonyl (C=O) groups is 1. The fourth-order valence-corrected chi connectivity index (χ4v) is 3.88. The van der Waals surface area contributed by atoms with Crippen LogP contribution >= 0.6 is 0 Å². The molecule has 11 heteroatoms. The summed E-state index contributed by atoms with van der Waals surface area (Å²) in [7, 11) is -3.65. The predicted molar refractivity (Wildman–Crippen MR) is 105 cm³/mol. The Bertz CT molecular complexity index is 1200. The largest absolute Gasteiger partial charge is 0.692 e. The van der Waals surface area contributed by atoms with Crippen molar-refractivity contribution in [1.29, 1.82) is 0 Å². The van der Waals surface area contributed by atoms with E-state index >= 15 is 0 Å². The first-order chi connectivity index (χ1) is 13.7. The van der Waals surface area contributed by atoms with Crippen LogP contribution in [0.5, 0.6) is 0 Å². The molecule has 0 aliphatic rings. The van der Waals surface area contributed by atoms with Gasteiger partial charge in [0, 0.05) is 30.2 Å². The summed E-state index contributed by atoms with van der Waals surface area (Å²) in [5, 5.41) is 14.2. The Kier molecular flexibility index (Phi) is 5.50. The van der Waals surface area contributed by atoms with Crippen LogP contribution in [0, 0.1) is 5.21 Å². The number of aryl methyl sites for hydroxylation is 1. The highest BCUT2D eigenvalue weighted by molar-refractivity contribution is 7.92. The second-order valence-electron chi connectivity index (χ2n) is 6.51. The van der Waals surface area contributed by atoms with Gasteiger partial charge < -0.3 is 15.5 Å². The zero-order valence-electron chi connectivity index (χ0n) is 15.5. The highest BCUT2D eigenvalue weighted by Gasteiger charge is 2.26. The molecule has 0 radical (unpaired) electrons. The van der Waals surface area contributed by atoms with Crippen LogP contribution in [-0.4, -0.2) is 40.3 Å². The maximum Gasteiger partial charge on any atom is 0.251 e. The van der Waals surface area contributed by atoms with Gasteiger partial charge in [0.15, 0.2) is 16.0 Å². The van der Waals surface area contributed by atoms with Crippen molar-refractivity contribution in [2.75, 3.05) is 6.26 Å². The molecule has 29 heavy (non-hydrogen) atoms. The third-order valence-corrected chi connectivity index (χ3v) is 5.95. The van der Waals surface area contributed by atoms with Gasteiger partial charge in [0.1, 0.15) is 10.9 Å². The van der Waals surface area contributed by atoms with Crippen molar-refractivity contribution in [3.05, 3.63) is 70.5 Å². The molecule has 1 amide bonds. The molecule has 0 fully saturated rings. The monoisotopic (exact) mass is 417 g/mol. The van der Waals surface area contributed by atoms with Crippen LogP contribution in [0.4, 0.5) is 0 Å². The number of rotatable bonds is 7. The molecule has 0 bridgehead atoms. The number of benzene rings is 1. The van der Waals surface area contributed by atoms with Gasteiger partial charge in [-0.1, -0.05) is 12.1 Å². The number of nitrogens with two attached hydrogens (primary N) is 1. The Morgan fingerprint density at radius 3 is 2.45 bits per heavy atom. The van der Waals surface area contributed by atoms with E-state index in [0.29, 0.717) is 16.1 Å². The summed E-state index contributed by atoms with van der Waals surface area (Å²) in [6, 6.07) is 10.0. The average Bonchev–Trinajstić information content (AvgIpc) is 3.08. The fourth-order valence-electron chi connectivity index (χ4n) is 2.93. The van der Waals surface area contributed by atoms with Crippen molar-refractivity contribution in [1.82, 2.24) is 14.5 Å². The lowest BCUT2D eigenvalue weighted by Crippen LogP contribution is -2.36. The van der Waals surface area contributed by atoms with Crippen molar-refractivity contribution < 1.29 is 18.1 Å². The van der Waals surface area contributed by atoms with E-state index in [-0.39, 0.29) is 18.5 Å². The summed E-state index contributed by atoms with van der Waals surface area (Å²) in [6.07, 6.45) is 5.05. The van der Waals surface area contributed by atoms with Crippen LogP contribution in [0.3, 0.4) is 0 Å². The van der Waals surface area contributed by atoms with Gasteiger partial charge >= 0.3 is 0 Å². The summed E-state index contributed by atoms with van der Waals surface area (Å²) >= 11 is 0. The number of pyridine rings is 1. The second-order valence-corrected chi connectivity index (χ2v) is 8.74. The van der Waals surface area contributed by atoms with E-state index in [2.05, 4.69) is 5.10 Å². The summed E-state index contributed by atoms with van der Waals surface area (Å²) in [5.74, 6) is -0.936. The summed E-state index contributed by atoms with van der Waals surface area (Å²) in [4.78, 5) is 25.5. The average molecular weight is 417 g/mol. The Morgan fingerprint density at radius 2 is 1.93 bits per heavy atom. The Morgan fingerprint density at radius 1 is 1.24 bits per heavy atom. The quantitative estimate of drug-likeness (QED) is 0.410. The second kappa shape index (κ2) is 7.87. The molecule has 0 spiro atoms. The summed E-state index contributed by atoms with van der Waals surface area (Å²) < 4.78 is 24.6. The smallest absolute Gasteiger partial charge is 0.251 e. The van der Waals surface area contributed by atoms with Gasteiger partial charge in [-0.3, -0.25) is 9.59 Å². The molecular weight excluding hydrogens is 398 g/mol. The lowest BCUT2D eigenvalue weighted by atomic mass is 10.1. The third-order valence-electron chi connectivity index (χ3n) is 4.45. The predicted octanol–water partition coefficient (Wildman–Crippen LogP) is -0.377. The molecule has 0 saturated heterocycles. The van der Waals surface area contributed by atoms with Gasteiger partial charge in [0.25, 0.3) is 5.56 Å². The number of carbonyl (C=O) groups excluding carboxylic acids is 1. The number of hydrogen-bond donors (Lipinski definition) is 1. The Hall–Kier alpha value is -3.47. The van der Waals surface area contributed by atoms with Crippen LogP contribution < -0.4 is 16.1 Å². The lowest BCUT2D eigenvalue weighted by Gasteiger charge is -2.13. The van der Waals surface area contributed by atoms with Crippen molar-refractivity contribution in [2.24, 2.45) is 5.73 Å². The molecule has 3 rings (SSSR count). The fraction of sp³-hybridized carbons (Fsp3) is 0.222. The standard InChI is InChI=1S/C18H19N5O5S/c1-29(27,28)16(18(19)25)7-10-21-9-6-14(12-17(21)24)13-2-4-15(5-3-13)23-20-8-11-22(23)26/h2-6,8-9,11-12,16H,7,10H2,1H3,(H2,19,25). The number of amides is 1. The maximum absolute atomic E-state index is 12.4. The van der Waals surface area contributed by atoms with Crippen molar-refractivity contribution >= 4 is 15.7 Å². The van der Waals surface area contributed by atoms with E-state index in [1.807, 2.05) is 0 Å². The lowest BCUT2D eigenvalue weighted by molar-refractivity contribution is -0.688. The SMILES string of the molecule is CS(=O)(=O)C(CCn1ccc(-c2ccc(-n3ncc[n+]3[O-])cc2)cc1=O)C(N)=O. The number of hydrogen-bond acceptors (Lipinski definition) is 6. The summed E-state index contributed by atoms with van der Waals surface area (Å²) in [6.45, 7) is 0.0432. The molecule has 1 unspecified atom stereocenters. The van der Waals surface area contributed by atoms with E-state index in [1.54, 1.807) is 30.3 Å². The number of nitrogens with zero attached hydrogens (tertiary/aromatic N) is 4. The minimum Gasteiger partial charge on any atom is -0.692 e. The molecule has 0 aliphatic carbocycles. The first-order valence-electron chi connectivity index (χ1n) is 8.60. The van der Waals surface area contributed by atoms with E-state index in [4.69, 9.17) is 5.73 Å². The first kappa shape index (κ1) is 20.3. The van der Waals surface area contributed by atoms with E-state index < -0.39 is 21.0 Å². The van der Waals surface area contributed by atoms with Gasteiger partial charge in [-0.25, -0.2) is 8.42 Å². The molecule has 2 heterocycles. The molecule has 0 aliphatic heterocycles. The van der Waals surface area contributed by atoms with E-state index in [0.717, 1.165) is 11.8 Å². The molecule has 1 aromatic carbocycles. The molecular formula is C18H19N5O5S. The number of sulfone groups is 1. The molecule has 2 N–H and O–H groups in total. The molecule has 3 aromatic rings. The normalized spacial score (nSPS) is 12.6. The first-order valence-corrected chi connectivity index (χ1v) is 10.6. The molecule has 0 saturated carbocycles. The maximum atomic E-state index is 12.4. The molecule has 10 nitrogen and oxygen atoms in total. The van der Waals surface area contributed by atoms with Gasteiger partial charge in [-0.15, -0.1) is 0 Å². The third kappa shape index (κ3) is 4.51. The number of primary amides is 1. The van der Waals surface area contributed by atoms with Crippen molar-refractivity contribution in [2.45, 2.75) is 18.2 Å². The van der Waals surface area contributed by atoms with Crippen LogP contribution in [-0.2, 0) is 21.2 Å². The minimum atomic E-state index is -3.65. The van der Waals surface area contributed by atoms with Crippen LogP contribution in [0.1, 0.15) is 6.42 Å². The van der Waals surface area contributed by atoms with Crippen LogP contribution in [0.2, 0.25) is 0 Å². The van der Waals surface area contributed by atoms with Gasteiger partial charge in [-0.2, -0.15) is 4.85 Å². The zero-order chi connectivity index (χ0) is 21.2. The topological polar surface area (TPSA) is 144 Å². The zero-order valence-corrected chi connectivity index (χ0v) is 16.3. The molecule has 2 aromatic heterocycles. The minimum absolute atomic E-state index is 0.0432. The van der Waals surface area contributed by atoms with E-state index in [9.17, 15) is 23.2 Å². The van der Waals surface area contributed by atoms with Gasteiger partial charge in [-0.05, 0) is 40.5 Å². The highest BCUT2D eigenvalue weighted by Crippen LogP contribution is 2.19. The van der Waals surface area contributed by atoms with Gasteiger partial charge in [0.05, 0.1) is 0 Å². The Labute approximate surface area is 166 Å². The van der Waals surface area contributed by atoms with E-state index in [1.165, 1.54) is 34.0 Å².